The molecule has 0 aromatic heterocycles. The molecule has 0 fully saturated rings. The van der Waals surface area contributed by atoms with Crippen LogP contribution in [0.1, 0.15) is 42.3 Å². The van der Waals surface area contributed by atoms with Gasteiger partial charge in [0.05, 0.1) is 5.02 Å². The van der Waals surface area contributed by atoms with Gasteiger partial charge in [-0.1, -0.05) is 62.7 Å². The van der Waals surface area contributed by atoms with Gasteiger partial charge in [0.1, 0.15) is 5.82 Å². The van der Waals surface area contributed by atoms with Crippen molar-refractivity contribution in [3.05, 3.63) is 70.0 Å². The summed E-state index contributed by atoms with van der Waals surface area (Å²) < 4.78 is 13.4. The van der Waals surface area contributed by atoms with Crippen molar-refractivity contribution in [1.82, 2.24) is 0 Å². The second kappa shape index (κ2) is 5.37. The molecule has 0 unspecified atom stereocenters. The lowest BCUT2D eigenvalue weighted by Gasteiger charge is -2.19. The Morgan fingerprint density at radius 1 is 1.05 bits per heavy atom. The lowest BCUT2D eigenvalue weighted by atomic mass is 9.86. The summed E-state index contributed by atoms with van der Waals surface area (Å²) in [5, 5.41) is -0.127. The summed E-state index contributed by atoms with van der Waals surface area (Å²) in [6.07, 6.45) is 0. The summed E-state index contributed by atoms with van der Waals surface area (Å²) in [4.78, 5) is 12.3. The molecule has 0 aliphatic carbocycles. The van der Waals surface area contributed by atoms with Crippen molar-refractivity contribution < 1.29 is 9.18 Å². The molecule has 0 aliphatic rings. The fourth-order valence-corrected chi connectivity index (χ4v) is 2.17. The van der Waals surface area contributed by atoms with Gasteiger partial charge >= 0.3 is 0 Å². The third-order valence-electron chi connectivity index (χ3n) is 3.21. The van der Waals surface area contributed by atoms with Crippen molar-refractivity contribution in [2.24, 2.45) is 0 Å². The quantitative estimate of drug-likeness (QED) is 0.711. The van der Waals surface area contributed by atoms with Crippen molar-refractivity contribution in [3.63, 3.8) is 0 Å². The summed E-state index contributed by atoms with van der Waals surface area (Å²) in [7, 11) is 0. The van der Waals surface area contributed by atoms with Gasteiger partial charge in [0.2, 0.25) is 0 Å². The third-order valence-corrected chi connectivity index (χ3v) is 3.59. The molecule has 0 radical (unpaired) electrons. The van der Waals surface area contributed by atoms with E-state index in [0.717, 1.165) is 5.56 Å². The second-order valence-electron chi connectivity index (χ2n) is 5.76. The van der Waals surface area contributed by atoms with Crippen LogP contribution < -0.4 is 0 Å². The minimum atomic E-state index is -0.580. The van der Waals surface area contributed by atoms with Gasteiger partial charge in [-0.25, -0.2) is 4.39 Å². The predicted molar refractivity (Wildman–Crippen MR) is 80.0 cm³/mol. The van der Waals surface area contributed by atoms with Gasteiger partial charge in [0.25, 0.3) is 0 Å². The van der Waals surface area contributed by atoms with E-state index in [1.54, 1.807) is 12.1 Å². The maximum atomic E-state index is 13.4. The van der Waals surface area contributed by atoms with E-state index in [1.807, 2.05) is 12.1 Å². The Morgan fingerprint density at radius 2 is 1.65 bits per heavy atom. The highest BCUT2D eigenvalue weighted by atomic mass is 35.5. The van der Waals surface area contributed by atoms with Crippen LogP contribution in [0.25, 0.3) is 0 Å². The Labute approximate surface area is 123 Å². The Balaban J connectivity index is 2.37. The van der Waals surface area contributed by atoms with Gasteiger partial charge in [0.15, 0.2) is 5.78 Å². The molecule has 0 heterocycles. The minimum absolute atomic E-state index is 0.0259. The fourth-order valence-electron chi connectivity index (χ4n) is 1.96. The Hall–Kier alpha value is -1.67. The average Bonchev–Trinajstić information content (AvgIpc) is 2.40. The Morgan fingerprint density at radius 3 is 2.20 bits per heavy atom. The zero-order chi connectivity index (χ0) is 14.9. The summed E-state index contributed by atoms with van der Waals surface area (Å²) in [5.74, 6) is -0.848. The molecule has 0 aliphatic heterocycles. The predicted octanol–water partition coefficient (Wildman–Crippen LogP) is 5.01. The van der Waals surface area contributed by atoms with Crippen LogP contribution in [0.4, 0.5) is 4.39 Å². The van der Waals surface area contributed by atoms with Crippen LogP contribution >= 0.6 is 11.6 Å². The zero-order valence-electron chi connectivity index (χ0n) is 11.7. The molecule has 0 atom stereocenters. The monoisotopic (exact) mass is 290 g/mol. The van der Waals surface area contributed by atoms with E-state index in [-0.39, 0.29) is 21.8 Å². The summed E-state index contributed by atoms with van der Waals surface area (Å²) >= 11 is 5.85. The fraction of sp³-hybridized carbons (Fsp3) is 0.235. The number of benzene rings is 2. The van der Waals surface area contributed by atoms with Crippen LogP contribution in [0.5, 0.6) is 0 Å². The first-order valence-corrected chi connectivity index (χ1v) is 6.78. The van der Waals surface area contributed by atoms with Crippen molar-refractivity contribution in [1.29, 1.82) is 0 Å². The summed E-state index contributed by atoms with van der Waals surface area (Å²) in [5.41, 5.74) is 1.86. The standard InChI is InChI=1S/C17H16ClFO/c1-17(2,3)12-9-7-11(8-10-12)16(20)13-5-4-6-14(19)15(13)18/h4-10H,1-3H3. The zero-order valence-corrected chi connectivity index (χ0v) is 12.5. The molecule has 2 aromatic carbocycles. The third kappa shape index (κ3) is 2.91. The van der Waals surface area contributed by atoms with Gasteiger partial charge < -0.3 is 0 Å². The van der Waals surface area contributed by atoms with E-state index < -0.39 is 5.82 Å². The molecule has 2 rings (SSSR count). The highest BCUT2D eigenvalue weighted by molar-refractivity contribution is 6.35. The van der Waals surface area contributed by atoms with Gasteiger partial charge in [-0.05, 0) is 23.1 Å². The van der Waals surface area contributed by atoms with Crippen LogP contribution in [-0.4, -0.2) is 5.78 Å². The number of rotatable bonds is 2. The first kappa shape index (κ1) is 14.7. The topological polar surface area (TPSA) is 17.1 Å². The van der Waals surface area contributed by atoms with Crippen LogP contribution in [0, 0.1) is 5.82 Å². The number of carbonyl (C=O) groups excluding carboxylic acids is 1. The number of hydrogen-bond donors (Lipinski definition) is 0. The van der Waals surface area contributed by atoms with E-state index in [4.69, 9.17) is 11.6 Å². The number of carbonyl (C=O) groups is 1. The number of ketones is 1. The smallest absolute Gasteiger partial charge is 0.194 e. The first-order valence-electron chi connectivity index (χ1n) is 6.40. The van der Waals surface area contributed by atoms with Crippen LogP contribution in [-0.2, 0) is 5.41 Å². The largest absolute Gasteiger partial charge is 0.289 e. The van der Waals surface area contributed by atoms with Crippen molar-refractivity contribution >= 4 is 17.4 Å². The molecular weight excluding hydrogens is 275 g/mol. The van der Waals surface area contributed by atoms with E-state index in [2.05, 4.69) is 20.8 Å². The molecule has 2 aromatic rings. The number of hydrogen-bond acceptors (Lipinski definition) is 1. The van der Waals surface area contributed by atoms with Gasteiger partial charge in [-0.15, -0.1) is 0 Å². The second-order valence-corrected chi connectivity index (χ2v) is 6.14. The Kier molecular flexibility index (Phi) is 3.96. The maximum absolute atomic E-state index is 13.4. The van der Waals surface area contributed by atoms with Gasteiger partial charge in [-0.3, -0.25) is 4.79 Å². The molecule has 0 amide bonds. The normalized spacial score (nSPS) is 11.4. The first-order chi connectivity index (χ1) is 9.30. The molecule has 3 heteroatoms. The lowest BCUT2D eigenvalue weighted by Crippen LogP contribution is -2.11. The van der Waals surface area contributed by atoms with Crippen molar-refractivity contribution in [2.75, 3.05) is 0 Å². The van der Waals surface area contributed by atoms with E-state index >= 15 is 0 Å². The average molecular weight is 291 g/mol. The Bertz CT molecular complexity index is 639. The summed E-state index contributed by atoms with van der Waals surface area (Å²) in [6, 6.07) is 11.6. The molecule has 1 nitrogen and oxygen atoms in total. The molecule has 0 saturated carbocycles. The molecule has 0 N–H and O–H groups in total. The molecule has 0 bridgehead atoms. The lowest BCUT2D eigenvalue weighted by molar-refractivity contribution is 0.103. The van der Waals surface area contributed by atoms with Crippen molar-refractivity contribution in [3.8, 4) is 0 Å². The molecule has 0 spiro atoms. The van der Waals surface area contributed by atoms with Crippen LogP contribution in [0.3, 0.4) is 0 Å². The van der Waals surface area contributed by atoms with E-state index in [0.29, 0.717) is 5.56 Å². The SMILES string of the molecule is CC(C)(C)c1ccc(C(=O)c2cccc(F)c2Cl)cc1. The van der Waals surface area contributed by atoms with Crippen molar-refractivity contribution in [2.45, 2.75) is 26.2 Å². The van der Waals surface area contributed by atoms with Gasteiger partial charge in [-0.2, -0.15) is 0 Å². The molecule has 20 heavy (non-hydrogen) atoms. The van der Waals surface area contributed by atoms with Gasteiger partial charge in [0, 0.05) is 11.1 Å². The van der Waals surface area contributed by atoms with Crippen LogP contribution in [0.2, 0.25) is 5.02 Å². The highest BCUT2D eigenvalue weighted by Gasteiger charge is 2.17. The summed E-state index contributed by atoms with van der Waals surface area (Å²) in [6.45, 7) is 6.31. The maximum Gasteiger partial charge on any atom is 0.194 e. The minimum Gasteiger partial charge on any atom is -0.289 e. The molecular formula is C17H16ClFO. The van der Waals surface area contributed by atoms with E-state index in [9.17, 15) is 9.18 Å². The highest BCUT2D eigenvalue weighted by Crippen LogP contribution is 2.25. The molecule has 104 valence electrons. The number of halogens is 2. The van der Waals surface area contributed by atoms with E-state index in [1.165, 1.54) is 18.2 Å². The van der Waals surface area contributed by atoms with Crippen LogP contribution in [0.15, 0.2) is 42.5 Å². The molecule has 0 saturated heterocycles.